The molecule has 1 nitrogen and oxygen atoms in total. The molecule has 0 aliphatic rings. The van der Waals surface area contributed by atoms with Crippen LogP contribution in [-0.4, -0.2) is 5.11 Å². The van der Waals surface area contributed by atoms with Crippen molar-refractivity contribution in [2.45, 2.75) is 32.6 Å². The van der Waals surface area contributed by atoms with Crippen LogP contribution in [0.3, 0.4) is 0 Å². The van der Waals surface area contributed by atoms with Crippen LogP contribution >= 0.6 is 0 Å². The van der Waals surface area contributed by atoms with Crippen LogP contribution in [0.5, 0.6) is 0 Å². The van der Waals surface area contributed by atoms with Crippen LogP contribution in [0.15, 0.2) is 11.8 Å². The Morgan fingerprint density at radius 3 is 2.67 bits per heavy atom. The van der Waals surface area contributed by atoms with Gasteiger partial charge in [-0.25, -0.2) is 0 Å². The van der Waals surface area contributed by atoms with Gasteiger partial charge in [0.05, 0.1) is 5.76 Å². The van der Waals surface area contributed by atoms with E-state index in [0.717, 1.165) is 12.8 Å². The highest BCUT2D eigenvalue weighted by Gasteiger charge is 1.89. The number of rotatable bonds is 4. The Labute approximate surface area is 57.4 Å². The van der Waals surface area contributed by atoms with E-state index in [-0.39, 0.29) is 0 Å². The highest BCUT2D eigenvalue weighted by atomic mass is 16.3. The molecule has 0 fully saturated rings. The van der Waals surface area contributed by atoms with Gasteiger partial charge in [-0.1, -0.05) is 19.8 Å². The number of hydrogen-bond donors (Lipinski definition) is 1. The zero-order valence-corrected chi connectivity index (χ0v) is 6.06. The maximum atomic E-state index is 8.88. The van der Waals surface area contributed by atoms with Crippen LogP contribution in [0.2, 0.25) is 0 Å². The fraction of sp³-hybridized carbons (Fsp3) is 0.625. The van der Waals surface area contributed by atoms with Gasteiger partial charge in [0, 0.05) is 6.42 Å². The van der Waals surface area contributed by atoms with E-state index >= 15 is 0 Å². The summed E-state index contributed by atoms with van der Waals surface area (Å²) in [7, 11) is 0. The quantitative estimate of drug-likeness (QED) is 0.454. The molecule has 0 heterocycles. The first-order valence-electron chi connectivity index (χ1n) is 3.48. The molecule has 1 N–H and O–H groups in total. The molecule has 0 saturated heterocycles. The van der Waals surface area contributed by atoms with Crippen LogP contribution in [0.4, 0.5) is 0 Å². The first kappa shape index (κ1) is 8.54. The summed E-state index contributed by atoms with van der Waals surface area (Å²) in [5, 5.41) is 8.88. The molecular formula is C8H15O. The van der Waals surface area contributed by atoms with Crippen LogP contribution in [0.1, 0.15) is 32.6 Å². The summed E-state index contributed by atoms with van der Waals surface area (Å²) in [5.41, 5.74) is 0. The molecule has 0 atom stereocenters. The van der Waals surface area contributed by atoms with Gasteiger partial charge in [-0.15, -0.1) is 0 Å². The molecular weight excluding hydrogens is 112 g/mol. The second-order valence-corrected chi connectivity index (χ2v) is 2.15. The van der Waals surface area contributed by atoms with Crippen LogP contribution in [0, 0.1) is 6.92 Å². The molecule has 53 valence electrons. The Morgan fingerprint density at radius 2 is 2.22 bits per heavy atom. The van der Waals surface area contributed by atoms with Crippen molar-refractivity contribution >= 4 is 0 Å². The maximum absolute atomic E-state index is 8.88. The van der Waals surface area contributed by atoms with Gasteiger partial charge in [0.25, 0.3) is 0 Å². The zero-order valence-electron chi connectivity index (χ0n) is 6.06. The minimum Gasteiger partial charge on any atom is -0.513 e. The lowest BCUT2D eigenvalue weighted by molar-refractivity contribution is 0.381. The van der Waals surface area contributed by atoms with Crippen molar-refractivity contribution in [1.29, 1.82) is 0 Å². The fourth-order valence-corrected chi connectivity index (χ4v) is 0.658. The van der Waals surface area contributed by atoms with Crippen molar-refractivity contribution in [3.05, 3.63) is 18.8 Å². The Morgan fingerprint density at radius 1 is 1.56 bits per heavy atom. The molecule has 0 rings (SSSR count). The average Bonchev–Trinajstić information content (AvgIpc) is 1.89. The molecule has 0 aliphatic carbocycles. The van der Waals surface area contributed by atoms with Crippen LogP contribution in [-0.2, 0) is 0 Å². The Balaban J connectivity index is 3.07. The monoisotopic (exact) mass is 127 g/mol. The molecule has 0 aromatic carbocycles. The molecule has 0 spiro atoms. The molecule has 0 saturated carbocycles. The van der Waals surface area contributed by atoms with Crippen molar-refractivity contribution in [1.82, 2.24) is 0 Å². The summed E-state index contributed by atoms with van der Waals surface area (Å²) in [6, 6.07) is 0. The summed E-state index contributed by atoms with van der Waals surface area (Å²) in [6.45, 7) is 5.60. The van der Waals surface area contributed by atoms with Gasteiger partial charge in [-0.05, 0) is 19.4 Å². The van der Waals surface area contributed by atoms with Gasteiger partial charge >= 0.3 is 0 Å². The summed E-state index contributed by atoms with van der Waals surface area (Å²) in [4.78, 5) is 0. The SMILES string of the molecule is [CH2]C=C(O)CCCCC. The van der Waals surface area contributed by atoms with E-state index in [1.807, 2.05) is 0 Å². The van der Waals surface area contributed by atoms with E-state index in [4.69, 9.17) is 5.11 Å². The Hall–Kier alpha value is -0.460. The molecule has 0 unspecified atom stereocenters. The predicted octanol–water partition coefficient (Wildman–Crippen LogP) is 2.84. The zero-order chi connectivity index (χ0) is 7.11. The third-order valence-corrected chi connectivity index (χ3v) is 1.27. The van der Waals surface area contributed by atoms with Crippen molar-refractivity contribution in [3.8, 4) is 0 Å². The van der Waals surface area contributed by atoms with E-state index in [9.17, 15) is 0 Å². The number of aliphatic hydroxyl groups excluding tert-OH is 1. The number of unbranched alkanes of at least 4 members (excludes halogenated alkanes) is 2. The highest BCUT2D eigenvalue weighted by molar-refractivity contribution is 4.92. The summed E-state index contributed by atoms with van der Waals surface area (Å²) in [6.07, 6.45) is 5.77. The van der Waals surface area contributed by atoms with Crippen LogP contribution in [0.25, 0.3) is 0 Å². The summed E-state index contributed by atoms with van der Waals surface area (Å²) >= 11 is 0. The van der Waals surface area contributed by atoms with Crippen LogP contribution < -0.4 is 0 Å². The molecule has 0 aromatic rings. The van der Waals surface area contributed by atoms with Crippen molar-refractivity contribution in [2.24, 2.45) is 0 Å². The molecule has 1 heteroatoms. The molecule has 0 aromatic heterocycles. The van der Waals surface area contributed by atoms with E-state index in [1.165, 1.54) is 18.9 Å². The second-order valence-electron chi connectivity index (χ2n) is 2.15. The Bertz CT molecular complexity index is 84.6. The number of aliphatic hydroxyl groups is 1. The largest absolute Gasteiger partial charge is 0.513 e. The third kappa shape index (κ3) is 5.41. The van der Waals surface area contributed by atoms with Crippen molar-refractivity contribution < 1.29 is 5.11 Å². The molecule has 0 bridgehead atoms. The standard InChI is InChI=1S/C8H15O/c1-3-5-6-7-8(9)4-2/h4,9H,2-3,5-7H2,1H3. The van der Waals surface area contributed by atoms with E-state index in [2.05, 4.69) is 13.8 Å². The van der Waals surface area contributed by atoms with E-state index in [1.54, 1.807) is 0 Å². The Kier molecular flexibility index (Phi) is 5.38. The van der Waals surface area contributed by atoms with E-state index in [0.29, 0.717) is 5.76 Å². The topological polar surface area (TPSA) is 20.2 Å². The smallest absolute Gasteiger partial charge is 0.0882 e. The van der Waals surface area contributed by atoms with Gasteiger partial charge in [0.2, 0.25) is 0 Å². The summed E-state index contributed by atoms with van der Waals surface area (Å²) < 4.78 is 0. The number of allylic oxidation sites excluding steroid dienone is 2. The lowest BCUT2D eigenvalue weighted by Crippen LogP contribution is -1.80. The van der Waals surface area contributed by atoms with Gasteiger partial charge in [-0.3, -0.25) is 0 Å². The third-order valence-electron chi connectivity index (χ3n) is 1.27. The molecule has 9 heavy (non-hydrogen) atoms. The maximum Gasteiger partial charge on any atom is 0.0882 e. The fourth-order valence-electron chi connectivity index (χ4n) is 0.658. The lowest BCUT2D eigenvalue weighted by atomic mass is 10.2. The highest BCUT2D eigenvalue weighted by Crippen LogP contribution is 2.04. The minimum atomic E-state index is 0.420. The van der Waals surface area contributed by atoms with Crippen molar-refractivity contribution in [3.63, 3.8) is 0 Å². The second kappa shape index (κ2) is 5.67. The first-order chi connectivity index (χ1) is 4.31. The van der Waals surface area contributed by atoms with Gasteiger partial charge < -0.3 is 5.11 Å². The lowest BCUT2D eigenvalue weighted by Gasteiger charge is -1.95. The van der Waals surface area contributed by atoms with Gasteiger partial charge in [0.15, 0.2) is 0 Å². The normalized spacial score (nSPS) is 12.0. The summed E-state index contributed by atoms with van der Waals surface area (Å²) in [5.74, 6) is 0.420. The molecule has 1 radical (unpaired) electrons. The van der Waals surface area contributed by atoms with Gasteiger partial charge in [0.1, 0.15) is 0 Å². The number of hydrogen-bond acceptors (Lipinski definition) is 1. The molecule has 0 aliphatic heterocycles. The van der Waals surface area contributed by atoms with E-state index < -0.39 is 0 Å². The molecule has 0 amide bonds. The first-order valence-corrected chi connectivity index (χ1v) is 3.48. The predicted molar refractivity (Wildman–Crippen MR) is 40.2 cm³/mol. The van der Waals surface area contributed by atoms with Crippen molar-refractivity contribution in [2.75, 3.05) is 0 Å². The van der Waals surface area contributed by atoms with Gasteiger partial charge in [-0.2, -0.15) is 0 Å². The minimum absolute atomic E-state index is 0.420. The average molecular weight is 127 g/mol.